The Morgan fingerprint density at radius 2 is 2.20 bits per heavy atom. The highest BCUT2D eigenvalue weighted by Crippen LogP contribution is 2.27. The predicted molar refractivity (Wildman–Crippen MR) is 56.0 cm³/mol. The molecule has 0 saturated carbocycles. The van der Waals surface area contributed by atoms with E-state index in [1.165, 1.54) is 7.11 Å². The van der Waals surface area contributed by atoms with E-state index in [9.17, 15) is 4.79 Å². The molecule has 0 fully saturated rings. The van der Waals surface area contributed by atoms with Crippen LogP contribution in [0.5, 0.6) is 0 Å². The smallest absolute Gasteiger partial charge is 0.356 e. The molecular formula is C11H16N2O2. The third-order valence-electron chi connectivity index (χ3n) is 2.80. The Morgan fingerprint density at radius 1 is 1.47 bits per heavy atom. The highest BCUT2D eigenvalue weighted by Gasteiger charge is 2.27. The van der Waals surface area contributed by atoms with Gasteiger partial charge in [0.1, 0.15) is 5.69 Å². The summed E-state index contributed by atoms with van der Waals surface area (Å²) in [5.74, 6) is -0.264. The summed E-state index contributed by atoms with van der Waals surface area (Å²) in [6.45, 7) is 4.04. The Hall–Kier alpha value is -1.32. The number of carbonyl (C=O) groups excluding carboxylic acids is 1. The molecule has 2 rings (SSSR count). The van der Waals surface area contributed by atoms with Crippen molar-refractivity contribution >= 4 is 5.97 Å². The molecule has 0 unspecified atom stereocenters. The second-order valence-corrected chi connectivity index (χ2v) is 4.16. The summed E-state index contributed by atoms with van der Waals surface area (Å²) in [5.41, 5.74) is 2.82. The van der Waals surface area contributed by atoms with Crippen LogP contribution in [-0.4, -0.2) is 22.9 Å². The lowest BCUT2D eigenvalue weighted by Gasteiger charge is -2.10. The van der Waals surface area contributed by atoms with Gasteiger partial charge in [-0.3, -0.25) is 4.68 Å². The van der Waals surface area contributed by atoms with Crippen LogP contribution < -0.4 is 0 Å². The topological polar surface area (TPSA) is 44.1 Å². The van der Waals surface area contributed by atoms with Crippen LogP contribution >= 0.6 is 0 Å². The van der Waals surface area contributed by atoms with Crippen LogP contribution in [-0.2, 0) is 17.6 Å². The summed E-state index contributed by atoms with van der Waals surface area (Å²) < 4.78 is 6.60. The number of rotatable bonds is 2. The third-order valence-corrected chi connectivity index (χ3v) is 2.80. The molecule has 1 aromatic heterocycles. The maximum Gasteiger partial charge on any atom is 0.356 e. The molecule has 15 heavy (non-hydrogen) atoms. The number of nitrogens with zero attached hydrogens (tertiary/aromatic N) is 2. The van der Waals surface area contributed by atoms with Crippen LogP contribution in [0.25, 0.3) is 0 Å². The zero-order chi connectivity index (χ0) is 11.0. The van der Waals surface area contributed by atoms with E-state index in [0.717, 1.165) is 30.5 Å². The van der Waals surface area contributed by atoms with Crippen LogP contribution in [0.15, 0.2) is 0 Å². The molecule has 4 heteroatoms. The largest absolute Gasteiger partial charge is 0.464 e. The van der Waals surface area contributed by atoms with Crippen molar-refractivity contribution in [2.45, 2.75) is 39.2 Å². The van der Waals surface area contributed by atoms with Crippen molar-refractivity contribution in [3.8, 4) is 0 Å². The van der Waals surface area contributed by atoms with Crippen LogP contribution in [0.2, 0.25) is 0 Å². The first-order valence-corrected chi connectivity index (χ1v) is 5.33. The number of fused-ring (bicyclic) bond motifs is 1. The van der Waals surface area contributed by atoms with E-state index >= 15 is 0 Å². The molecule has 4 nitrogen and oxygen atoms in total. The number of ether oxygens (including phenoxy) is 1. The van der Waals surface area contributed by atoms with Crippen molar-refractivity contribution < 1.29 is 9.53 Å². The van der Waals surface area contributed by atoms with E-state index in [1.54, 1.807) is 4.68 Å². The average molecular weight is 208 g/mol. The van der Waals surface area contributed by atoms with E-state index in [4.69, 9.17) is 4.74 Å². The van der Waals surface area contributed by atoms with E-state index in [2.05, 4.69) is 5.10 Å². The first-order chi connectivity index (χ1) is 7.15. The molecule has 0 radical (unpaired) electrons. The van der Waals surface area contributed by atoms with E-state index in [-0.39, 0.29) is 12.0 Å². The van der Waals surface area contributed by atoms with Crippen molar-refractivity contribution in [1.82, 2.24) is 9.78 Å². The number of methoxy groups -OCH3 is 1. The van der Waals surface area contributed by atoms with Gasteiger partial charge in [-0.05, 0) is 33.1 Å². The number of aryl methyl sites for hydroxylation is 1. The average Bonchev–Trinajstić information content (AvgIpc) is 2.74. The van der Waals surface area contributed by atoms with E-state index in [1.807, 2.05) is 13.8 Å². The van der Waals surface area contributed by atoms with Gasteiger partial charge in [-0.1, -0.05) is 0 Å². The highest BCUT2D eigenvalue weighted by atomic mass is 16.5. The van der Waals surface area contributed by atoms with Gasteiger partial charge in [-0.15, -0.1) is 0 Å². The second-order valence-electron chi connectivity index (χ2n) is 4.16. The summed E-state index contributed by atoms with van der Waals surface area (Å²) >= 11 is 0. The predicted octanol–water partition coefficient (Wildman–Crippen LogP) is 1.74. The third kappa shape index (κ3) is 1.54. The number of aromatic nitrogens is 2. The highest BCUT2D eigenvalue weighted by molar-refractivity contribution is 5.89. The molecule has 0 amide bonds. The quantitative estimate of drug-likeness (QED) is 0.695. The Labute approximate surface area is 89.2 Å². The number of esters is 1. The summed E-state index contributed by atoms with van der Waals surface area (Å²) in [6, 6.07) is 0.199. The van der Waals surface area contributed by atoms with Crippen molar-refractivity contribution in [3.05, 3.63) is 17.0 Å². The molecule has 0 N–H and O–H groups in total. The number of hydrogen-bond donors (Lipinski definition) is 0. The monoisotopic (exact) mass is 208 g/mol. The van der Waals surface area contributed by atoms with Gasteiger partial charge in [0.25, 0.3) is 0 Å². The molecule has 1 aliphatic rings. The Morgan fingerprint density at radius 3 is 2.80 bits per heavy atom. The van der Waals surface area contributed by atoms with Gasteiger partial charge < -0.3 is 4.74 Å². The van der Waals surface area contributed by atoms with Crippen LogP contribution in [0.1, 0.15) is 48.1 Å². The molecule has 1 aliphatic carbocycles. The van der Waals surface area contributed by atoms with Crippen LogP contribution in [0.3, 0.4) is 0 Å². The minimum Gasteiger partial charge on any atom is -0.464 e. The zero-order valence-corrected chi connectivity index (χ0v) is 9.41. The van der Waals surface area contributed by atoms with Crippen molar-refractivity contribution in [3.63, 3.8) is 0 Å². The van der Waals surface area contributed by atoms with Gasteiger partial charge in [0.15, 0.2) is 0 Å². The van der Waals surface area contributed by atoms with Gasteiger partial charge in [-0.2, -0.15) is 5.10 Å². The second kappa shape index (κ2) is 3.68. The van der Waals surface area contributed by atoms with Crippen LogP contribution in [0, 0.1) is 0 Å². The minimum absolute atomic E-state index is 0.199. The first kappa shape index (κ1) is 10.2. The number of carbonyl (C=O) groups is 1. The maximum absolute atomic E-state index is 11.7. The molecule has 0 aliphatic heterocycles. The molecule has 82 valence electrons. The fourth-order valence-corrected chi connectivity index (χ4v) is 2.10. The van der Waals surface area contributed by atoms with Gasteiger partial charge in [0.2, 0.25) is 0 Å². The summed E-state index contributed by atoms with van der Waals surface area (Å²) in [4.78, 5) is 11.7. The van der Waals surface area contributed by atoms with Gasteiger partial charge in [0, 0.05) is 11.6 Å². The fraction of sp³-hybridized carbons (Fsp3) is 0.636. The SMILES string of the molecule is COC(=O)c1c2c(nn1C(C)C)CCC2. The van der Waals surface area contributed by atoms with E-state index < -0.39 is 0 Å². The van der Waals surface area contributed by atoms with Gasteiger partial charge >= 0.3 is 5.97 Å². The maximum atomic E-state index is 11.7. The lowest BCUT2D eigenvalue weighted by molar-refractivity contribution is 0.0583. The normalized spacial score (nSPS) is 14.4. The first-order valence-electron chi connectivity index (χ1n) is 5.33. The molecule has 0 saturated heterocycles. The molecule has 0 atom stereocenters. The Balaban J connectivity index is 2.52. The fourth-order valence-electron chi connectivity index (χ4n) is 2.10. The van der Waals surface area contributed by atoms with Gasteiger partial charge in [-0.25, -0.2) is 4.79 Å². The Bertz CT molecular complexity index is 394. The van der Waals surface area contributed by atoms with Crippen molar-refractivity contribution in [2.75, 3.05) is 7.11 Å². The summed E-state index contributed by atoms with van der Waals surface area (Å²) in [6.07, 6.45) is 3.03. The number of hydrogen-bond acceptors (Lipinski definition) is 3. The summed E-state index contributed by atoms with van der Waals surface area (Å²) in [7, 11) is 1.42. The summed E-state index contributed by atoms with van der Waals surface area (Å²) in [5, 5.41) is 4.48. The van der Waals surface area contributed by atoms with E-state index in [0.29, 0.717) is 5.69 Å². The molecule has 1 heterocycles. The molecule has 0 aromatic carbocycles. The standard InChI is InChI=1S/C11H16N2O2/c1-7(2)13-10(11(14)15-3)8-5-4-6-9(8)12-13/h7H,4-6H2,1-3H3. The molecule has 1 aromatic rings. The van der Waals surface area contributed by atoms with Crippen molar-refractivity contribution in [1.29, 1.82) is 0 Å². The van der Waals surface area contributed by atoms with Crippen LogP contribution in [0.4, 0.5) is 0 Å². The molecule has 0 spiro atoms. The minimum atomic E-state index is -0.264. The molecule has 0 bridgehead atoms. The zero-order valence-electron chi connectivity index (χ0n) is 9.41. The van der Waals surface area contributed by atoms with Crippen molar-refractivity contribution in [2.24, 2.45) is 0 Å². The van der Waals surface area contributed by atoms with Gasteiger partial charge in [0.05, 0.1) is 12.8 Å². The Kier molecular flexibility index (Phi) is 2.50. The lowest BCUT2D eigenvalue weighted by atomic mass is 10.2. The lowest BCUT2D eigenvalue weighted by Crippen LogP contribution is -2.15. The molecular weight excluding hydrogens is 192 g/mol.